The molecule has 0 aromatic heterocycles. The van der Waals surface area contributed by atoms with E-state index in [0.717, 1.165) is 0 Å². The van der Waals surface area contributed by atoms with Gasteiger partial charge in [-0.1, -0.05) is 25.3 Å². The molecule has 0 heterocycles. The van der Waals surface area contributed by atoms with Gasteiger partial charge in [0.2, 0.25) is 25.2 Å². The fourth-order valence-corrected chi connectivity index (χ4v) is 4.43. The smallest absolute Gasteiger partial charge is 0.254 e. The van der Waals surface area contributed by atoms with Gasteiger partial charge >= 0.3 is 0 Å². The number of thiocarbonyl (C=S) groups is 2. The molecule has 0 rings (SSSR count). The van der Waals surface area contributed by atoms with Crippen LogP contribution in [0.5, 0.6) is 0 Å². The Labute approximate surface area is 244 Å². The molecule has 0 bridgehead atoms. The second-order valence-electron chi connectivity index (χ2n) is 7.81. The molecule has 0 aliphatic rings. The van der Waals surface area contributed by atoms with Gasteiger partial charge in [0.25, 0.3) is 8.64 Å². The first-order valence-electron chi connectivity index (χ1n) is 12.1. The summed E-state index contributed by atoms with van der Waals surface area (Å²) < 4.78 is 46.0. The van der Waals surface area contributed by atoms with Gasteiger partial charge in [-0.15, -0.1) is 9.18 Å². The average molecular weight is 610 g/mol. The highest BCUT2D eigenvalue weighted by molar-refractivity contribution is 8.10. The molecule has 0 saturated carbocycles. The maximum Gasteiger partial charge on any atom is 0.254 e. The third kappa shape index (κ3) is 12.7. The quantitative estimate of drug-likeness (QED) is 0.0557. The average Bonchev–Trinajstić information content (AvgIpc) is 2.85. The zero-order chi connectivity index (χ0) is 28.5. The second kappa shape index (κ2) is 20.3. The molecule has 2 unspecified atom stereocenters. The van der Waals surface area contributed by atoms with Crippen LogP contribution in [0.4, 0.5) is 0 Å². The number of nitrogens with one attached hydrogen (secondary N) is 1. The molecule has 220 valence electrons. The van der Waals surface area contributed by atoms with Crippen molar-refractivity contribution in [2.24, 2.45) is 0 Å². The standard InChI is InChI=1S/C22H45N3O8S4/c1-9-30-19(31-10-2)15-24(21(34)35,13-17(26-5)27-6)23-25(22(36)37,14-18(28-7)29-8)16-20(32-11-3)33-12-4/h17-20,23H,9-16H2,1-8H3/p+2. The molecule has 11 nitrogen and oxygen atoms in total. The fraction of sp³-hybridized carbons (Fsp3) is 0.909. The van der Waals surface area contributed by atoms with Crippen molar-refractivity contribution < 1.29 is 47.1 Å². The highest BCUT2D eigenvalue weighted by atomic mass is 32.1. The Morgan fingerprint density at radius 1 is 0.568 bits per heavy atom. The predicted octanol–water partition coefficient (Wildman–Crippen LogP) is 2.51. The van der Waals surface area contributed by atoms with Crippen molar-refractivity contribution in [2.45, 2.75) is 52.9 Å². The van der Waals surface area contributed by atoms with Gasteiger partial charge in [-0.05, 0) is 52.1 Å². The summed E-state index contributed by atoms with van der Waals surface area (Å²) in [7, 11) is 6.18. The Bertz CT molecular complexity index is 585. The lowest BCUT2D eigenvalue weighted by molar-refractivity contribution is -1.09. The van der Waals surface area contributed by atoms with Crippen LogP contribution in [-0.4, -0.2) is 124 Å². The van der Waals surface area contributed by atoms with Crippen molar-refractivity contribution in [1.29, 1.82) is 0 Å². The van der Waals surface area contributed by atoms with Crippen LogP contribution in [0.15, 0.2) is 0 Å². The Kier molecular flexibility index (Phi) is 20.6. The first-order chi connectivity index (χ1) is 17.6. The van der Waals surface area contributed by atoms with E-state index in [9.17, 15) is 0 Å². The van der Waals surface area contributed by atoms with Crippen molar-refractivity contribution in [1.82, 2.24) is 5.53 Å². The van der Waals surface area contributed by atoms with Crippen molar-refractivity contribution in [3.8, 4) is 0 Å². The lowest BCUT2D eigenvalue weighted by Gasteiger charge is -2.46. The van der Waals surface area contributed by atoms with Crippen LogP contribution in [0.1, 0.15) is 27.7 Å². The van der Waals surface area contributed by atoms with E-state index < -0.39 is 25.2 Å². The van der Waals surface area contributed by atoms with Crippen LogP contribution >= 0.6 is 49.7 Å². The molecule has 0 amide bonds. The topological polar surface area (TPSA) is 85.9 Å². The van der Waals surface area contributed by atoms with E-state index in [2.05, 4.69) is 30.8 Å². The Hall–Kier alpha value is 0.440. The molecule has 0 radical (unpaired) electrons. The predicted molar refractivity (Wildman–Crippen MR) is 156 cm³/mol. The number of hydrogen-bond acceptors (Lipinski definition) is 11. The van der Waals surface area contributed by atoms with Gasteiger partial charge in [-0.3, -0.25) is 0 Å². The summed E-state index contributed by atoms with van der Waals surface area (Å²) in [5.41, 5.74) is 3.57. The summed E-state index contributed by atoms with van der Waals surface area (Å²) in [6, 6.07) is 0. The van der Waals surface area contributed by atoms with Crippen molar-refractivity contribution in [3.63, 3.8) is 0 Å². The minimum Gasteiger partial charge on any atom is -0.351 e. The Balaban J connectivity index is 6.95. The molecular weight excluding hydrogens is 563 g/mol. The zero-order valence-electron chi connectivity index (χ0n) is 23.3. The Morgan fingerprint density at radius 2 is 0.811 bits per heavy atom. The lowest BCUT2D eigenvalue weighted by atomic mass is 10.4. The van der Waals surface area contributed by atoms with Gasteiger partial charge in [0.05, 0.1) is 0 Å². The first-order valence-corrected chi connectivity index (χ1v) is 13.9. The molecule has 0 aliphatic heterocycles. The van der Waals surface area contributed by atoms with Crippen LogP contribution in [-0.2, 0) is 37.9 Å². The van der Waals surface area contributed by atoms with Crippen LogP contribution in [0.25, 0.3) is 0 Å². The molecule has 0 saturated heterocycles. The van der Waals surface area contributed by atoms with Gasteiger partial charge in [0.15, 0.2) is 26.2 Å². The van der Waals surface area contributed by atoms with E-state index in [1.54, 1.807) is 28.4 Å². The number of nitrogens with zero attached hydrogens (tertiary/aromatic N) is 2. The largest absolute Gasteiger partial charge is 0.351 e. The highest BCUT2D eigenvalue weighted by Gasteiger charge is 2.51. The van der Waals surface area contributed by atoms with Crippen LogP contribution < -0.4 is 5.53 Å². The number of quaternary nitrogens is 2. The summed E-state index contributed by atoms with van der Waals surface area (Å²) >= 11 is 20.7. The molecule has 37 heavy (non-hydrogen) atoms. The molecule has 0 spiro atoms. The Morgan fingerprint density at radius 3 is 1.00 bits per heavy atom. The summed E-state index contributed by atoms with van der Waals surface area (Å²) in [6.07, 6.45) is -2.58. The van der Waals surface area contributed by atoms with E-state index in [-0.39, 0.29) is 44.0 Å². The molecule has 0 aromatic rings. The van der Waals surface area contributed by atoms with E-state index in [1.165, 1.54) is 0 Å². The number of hydrogen-bond donors (Lipinski definition) is 3. The maximum atomic E-state index is 5.88. The number of methoxy groups -OCH3 is 4. The molecular formula is C22H47N3O8S4+2. The van der Waals surface area contributed by atoms with Crippen LogP contribution in [0.2, 0.25) is 0 Å². The molecule has 15 heteroatoms. The number of thiol groups is 2. The molecule has 0 aliphatic carbocycles. The second-order valence-corrected chi connectivity index (χ2v) is 10.0. The summed E-state index contributed by atoms with van der Waals surface area (Å²) in [4.78, 5) is 0. The van der Waals surface area contributed by atoms with Crippen LogP contribution in [0, 0.1) is 0 Å². The lowest BCUT2D eigenvalue weighted by Crippen LogP contribution is -2.78. The zero-order valence-corrected chi connectivity index (χ0v) is 26.8. The number of rotatable bonds is 22. The molecule has 0 aromatic carbocycles. The van der Waals surface area contributed by atoms with Crippen molar-refractivity contribution in [3.05, 3.63) is 0 Å². The summed E-state index contributed by atoms with van der Waals surface area (Å²) in [5, 5.41) is 0. The van der Waals surface area contributed by atoms with E-state index in [4.69, 9.17) is 62.3 Å². The van der Waals surface area contributed by atoms with Gasteiger partial charge in [-0.25, -0.2) is 0 Å². The van der Waals surface area contributed by atoms with E-state index >= 15 is 0 Å². The van der Waals surface area contributed by atoms with Gasteiger partial charge in [-0.2, -0.15) is 0 Å². The minimum atomic E-state index is -0.660. The monoisotopic (exact) mass is 609 g/mol. The fourth-order valence-electron chi connectivity index (χ4n) is 3.64. The summed E-state index contributed by atoms with van der Waals surface area (Å²) in [6.45, 7) is 10.1. The van der Waals surface area contributed by atoms with Gasteiger partial charge in [0, 0.05) is 60.4 Å². The highest BCUT2D eigenvalue weighted by Crippen LogP contribution is 2.23. The summed E-state index contributed by atoms with van der Waals surface area (Å²) in [5.74, 6) is 0. The van der Waals surface area contributed by atoms with Crippen LogP contribution in [0.3, 0.4) is 0 Å². The molecule has 2 atom stereocenters. The first kappa shape index (κ1) is 37.4. The van der Waals surface area contributed by atoms with Gasteiger partial charge in [0.1, 0.15) is 0 Å². The maximum absolute atomic E-state index is 5.88. The molecule has 1 N–H and O–H groups in total. The minimum absolute atomic E-state index is 0.165. The van der Waals surface area contributed by atoms with Crippen molar-refractivity contribution in [2.75, 3.05) is 81.0 Å². The third-order valence-corrected chi connectivity index (χ3v) is 6.88. The van der Waals surface area contributed by atoms with E-state index in [1.807, 2.05) is 27.7 Å². The SMILES string of the molecule is CCOC(C[N+](CC(OC)OC)(N[N+](CC(OC)OC)(CC(OCC)OCC)C(=S)S)C(=S)S)OCC. The van der Waals surface area contributed by atoms with Crippen molar-refractivity contribution >= 4 is 58.3 Å². The number of ether oxygens (including phenoxy) is 8. The van der Waals surface area contributed by atoms with Gasteiger partial charge < -0.3 is 37.9 Å². The third-order valence-electron chi connectivity index (χ3n) is 5.42. The van der Waals surface area contributed by atoms with E-state index in [0.29, 0.717) is 26.4 Å². The molecule has 0 fully saturated rings. The normalized spacial score (nSPS) is 15.5.